The number of hydrogen-bond acceptors (Lipinski definition) is 2. The Balaban J connectivity index is 2.20. The number of H-pyrrole nitrogens is 1. The predicted molar refractivity (Wildman–Crippen MR) is 74.2 cm³/mol. The number of anilines is 1. The molecule has 0 unspecified atom stereocenters. The second-order valence-electron chi connectivity index (χ2n) is 3.39. The SMILES string of the molecule is O=C(Nc1cccc(I)c1)c1cccc(=O)[nH]1. The molecule has 2 N–H and O–H groups in total. The van der Waals surface area contributed by atoms with Gasteiger partial charge in [0.05, 0.1) is 0 Å². The van der Waals surface area contributed by atoms with E-state index in [1.54, 1.807) is 18.2 Å². The molecule has 2 aromatic rings. The smallest absolute Gasteiger partial charge is 0.272 e. The molecule has 17 heavy (non-hydrogen) atoms. The van der Waals surface area contributed by atoms with E-state index >= 15 is 0 Å². The van der Waals surface area contributed by atoms with Crippen molar-refractivity contribution >= 4 is 34.2 Å². The number of rotatable bonds is 2. The highest BCUT2D eigenvalue weighted by molar-refractivity contribution is 14.1. The summed E-state index contributed by atoms with van der Waals surface area (Å²) in [5.74, 6) is -0.329. The highest BCUT2D eigenvalue weighted by Crippen LogP contribution is 2.12. The molecule has 0 fully saturated rings. The van der Waals surface area contributed by atoms with Crippen LogP contribution < -0.4 is 10.9 Å². The van der Waals surface area contributed by atoms with Crippen LogP contribution in [-0.2, 0) is 0 Å². The van der Waals surface area contributed by atoms with Crippen LogP contribution in [0.1, 0.15) is 10.5 Å². The van der Waals surface area contributed by atoms with E-state index in [2.05, 4.69) is 32.9 Å². The average Bonchev–Trinajstić information content (AvgIpc) is 2.29. The molecule has 0 aliphatic carbocycles. The maximum atomic E-state index is 11.8. The lowest BCUT2D eigenvalue weighted by atomic mass is 10.3. The second-order valence-corrected chi connectivity index (χ2v) is 4.64. The third-order valence-electron chi connectivity index (χ3n) is 2.10. The van der Waals surface area contributed by atoms with Gasteiger partial charge in [-0.15, -0.1) is 0 Å². The van der Waals surface area contributed by atoms with Gasteiger partial charge < -0.3 is 10.3 Å². The summed E-state index contributed by atoms with van der Waals surface area (Å²) in [6.45, 7) is 0. The molecule has 4 nitrogen and oxygen atoms in total. The first-order chi connectivity index (χ1) is 8.15. The van der Waals surface area contributed by atoms with Crippen molar-refractivity contribution in [1.82, 2.24) is 4.98 Å². The summed E-state index contributed by atoms with van der Waals surface area (Å²) < 4.78 is 1.03. The molecule has 0 saturated carbocycles. The van der Waals surface area contributed by atoms with Gasteiger partial charge in [-0.05, 0) is 46.9 Å². The molecule has 1 aromatic carbocycles. The Morgan fingerprint density at radius 2 is 1.94 bits per heavy atom. The highest BCUT2D eigenvalue weighted by atomic mass is 127. The van der Waals surface area contributed by atoms with E-state index in [4.69, 9.17) is 0 Å². The van der Waals surface area contributed by atoms with Crippen molar-refractivity contribution in [3.05, 3.63) is 62.1 Å². The van der Waals surface area contributed by atoms with Crippen LogP contribution in [0.15, 0.2) is 47.3 Å². The van der Waals surface area contributed by atoms with Crippen molar-refractivity contribution in [2.75, 3.05) is 5.32 Å². The first kappa shape index (κ1) is 11.8. The largest absolute Gasteiger partial charge is 0.321 e. The van der Waals surface area contributed by atoms with Gasteiger partial charge >= 0.3 is 0 Å². The van der Waals surface area contributed by atoms with Gasteiger partial charge in [0.2, 0.25) is 5.56 Å². The fourth-order valence-electron chi connectivity index (χ4n) is 1.34. The number of nitrogens with one attached hydrogen (secondary N) is 2. The summed E-state index contributed by atoms with van der Waals surface area (Å²) in [5, 5.41) is 2.71. The molecule has 0 aliphatic heterocycles. The van der Waals surface area contributed by atoms with E-state index in [1.807, 2.05) is 18.2 Å². The number of aromatic nitrogens is 1. The van der Waals surface area contributed by atoms with E-state index in [1.165, 1.54) is 6.07 Å². The lowest BCUT2D eigenvalue weighted by molar-refractivity contribution is 0.102. The van der Waals surface area contributed by atoms with Gasteiger partial charge in [0.25, 0.3) is 5.91 Å². The zero-order valence-corrected chi connectivity index (χ0v) is 10.9. The van der Waals surface area contributed by atoms with Crippen LogP contribution in [-0.4, -0.2) is 10.9 Å². The monoisotopic (exact) mass is 340 g/mol. The van der Waals surface area contributed by atoms with Gasteiger partial charge in [-0.2, -0.15) is 0 Å². The minimum Gasteiger partial charge on any atom is -0.321 e. The van der Waals surface area contributed by atoms with Crippen LogP contribution >= 0.6 is 22.6 Å². The summed E-state index contributed by atoms with van der Waals surface area (Å²) in [7, 11) is 0. The lowest BCUT2D eigenvalue weighted by Crippen LogP contribution is -2.17. The topological polar surface area (TPSA) is 62.0 Å². The molecule has 5 heteroatoms. The van der Waals surface area contributed by atoms with Gasteiger partial charge in [-0.25, -0.2) is 0 Å². The number of aromatic amines is 1. The Bertz CT molecular complexity index is 607. The predicted octanol–water partition coefficient (Wildman–Crippen LogP) is 2.23. The number of hydrogen-bond donors (Lipinski definition) is 2. The maximum absolute atomic E-state index is 11.8. The third kappa shape index (κ3) is 3.16. The summed E-state index contributed by atoms with van der Waals surface area (Å²) in [5.41, 5.74) is 0.656. The third-order valence-corrected chi connectivity index (χ3v) is 2.77. The molecular formula is C12H9IN2O2. The summed E-state index contributed by atoms with van der Waals surface area (Å²) in [6.07, 6.45) is 0. The van der Waals surface area contributed by atoms with Crippen molar-refractivity contribution in [3.8, 4) is 0 Å². The first-order valence-electron chi connectivity index (χ1n) is 4.91. The fourth-order valence-corrected chi connectivity index (χ4v) is 1.89. The fraction of sp³-hybridized carbons (Fsp3) is 0. The Morgan fingerprint density at radius 3 is 2.65 bits per heavy atom. The van der Waals surface area contributed by atoms with Gasteiger partial charge in [0.1, 0.15) is 5.69 Å². The van der Waals surface area contributed by atoms with Crippen molar-refractivity contribution < 1.29 is 4.79 Å². The van der Waals surface area contributed by atoms with Crippen molar-refractivity contribution in [1.29, 1.82) is 0 Å². The lowest BCUT2D eigenvalue weighted by Gasteiger charge is -2.04. The zero-order valence-electron chi connectivity index (χ0n) is 8.74. The molecule has 0 atom stereocenters. The molecule has 2 rings (SSSR count). The van der Waals surface area contributed by atoms with Crippen molar-refractivity contribution in [3.63, 3.8) is 0 Å². The minimum absolute atomic E-state index is 0.247. The van der Waals surface area contributed by atoms with Crippen LogP contribution in [0.3, 0.4) is 0 Å². The molecule has 0 radical (unpaired) electrons. The van der Waals surface area contributed by atoms with Crippen LogP contribution in [0.4, 0.5) is 5.69 Å². The molecule has 0 bridgehead atoms. The average molecular weight is 340 g/mol. The first-order valence-corrected chi connectivity index (χ1v) is 5.99. The Kier molecular flexibility index (Phi) is 3.58. The number of amides is 1. The molecule has 1 heterocycles. The van der Waals surface area contributed by atoms with E-state index in [9.17, 15) is 9.59 Å². The van der Waals surface area contributed by atoms with Crippen LogP contribution in [0.2, 0.25) is 0 Å². The van der Waals surface area contributed by atoms with Gasteiger partial charge in [0, 0.05) is 15.3 Å². The number of halogens is 1. The quantitative estimate of drug-likeness (QED) is 0.824. The number of carbonyl (C=O) groups excluding carboxylic acids is 1. The van der Waals surface area contributed by atoms with Crippen LogP contribution in [0, 0.1) is 3.57 Å². The van der Waals surface area contributed by atoms with E-state index in [0.717, 1.165) is 3.57 Å². The molecule has 86 valence electrons. The van der Waals surface area contributed by atoms with Crippen LogP contribution in [0.25, 0.3) is 0 Å². The summed E-state index contributed by atoms with van der Waals surface area (Å²) >= 11 is 2.16. The van der Waals surface area contributed by atoms with E-state index in [-0.39, 0.29) is 17.2 Å². The van der Waals surface area contributed by atoms with Gasteiger partial charge in [-0.3, -0.25) is 9.59 Å². The Morgan fingerprint density at radius 1 is 1.18 bits per heavy atom. The molecule has 0 spiro atoms. The van der Waals surface area contributed by atoms with Crippen molar-refractivity contribution in [2.45, 2.75) is 0 Å². The molecular weight excluding hydrogens is 331 g/mol. The van der Waals surface area contributed by atoms with Crippen molar-refractivity contribution in [2.24, 2.45) is 0 Å². The molecule has 1 aromatic heterocycles. The number of carbonyl (C=O) groups is 1. The highest BCUT2D eigenvalue weighted by Gasteiger charge is 2.06. The zero-order chi connectivity index (χ0) is 12.3. The van der Waals surface area contributed by atoms with Gasteiger partial charge in [0.15, 0.2) is 0 Å². The van der Waals surface area contributed by atoms with Gasteiger partial charge in [-0.1, -0.05) is 12.1 Å². The summed E-state index contributed by atoms with van der Waals surface area (Å²) in [4.78, 5) is 25.3. The molecule has 0 saturated heterocycles. The normalized spacial score (nSPS) is 9.94. The van der Waals surface area contributed by atoms with E-state index in [0.29, 0.717) is 5.69 Å². The summed E-state index contributed by atoms with van der Waals surface area (Å²) in [6, 6.07) is 11.9. The number of benzene rings is 1. The Labute approximate surface area is 111 Å². The van der Waals surface area contributed by atoms with Crippen LogP contribution in [0.5, 0.6) is 0 Å². The maximum Gasteiger partial charge on any atom is 0.272 e. The van der Waals surface area contributed by atoms with E-state index < -0.39 is 0 Å². The Hall–Kier alpha value is -1.63. The molecule has 1 amide bonds. The number of pyridine rings is 1. The molecule has 0 aliphatic rings. The minimum atomic E-state index is -0.329. The second kappa shape index (κ2) is 5.13. The standard InChI is InChI=1S/C12H9IN2O2/c13-8-3-1-4-9(7-8)14-12(17)10-5-2-6-11(16)15-10/h1-7H,(H,14,17)(H,15,16).